The monoisotopic (exact) mass is 459 g/mol. The molecule has 3 amide bonds. The average molecular weight is 460 g/mol. The maximum Gasteiger partial charge on any atom is 0.241 e. The number of halogens is 1. The third-order valence-electron chi connectivity index (χ3n) is 7.00. The Hall–Kier alpha value is -2.32. The number of carbonyl (C=O) groups is 3. The number of imide groups is 1. The lowest BCUT2D eigenvalue weighted by Crippen LogP contribution is -2.46. The number of nitrogens with zero attached hydrogens (tertiary/aromatic N) is 3. The zero-order valence-electron chi connectivity index (χ0n) is 19.6. The van der Waals surface area contributed by atoms with Crippen LogP contribution in [0.2, 0.25) is 0 Å². The highest BCUT2D eigenvalue weighted by atomic mass is 19.1. The van der Waals surface area contributed by atoms with Crippen molar-refractivity contribution >= 4 is 17.7 Å². The maximum atomic E-state index is 15.0. The molecule has 4 rings (SSSR count). The third kappa shape index (κ3) is 5.27. The first kappa shape index (κ1) is 23.8. The number of benzene rings is 1. The fourth-order valence-electron chi connectivity index (χ4n) is 4.91. The molecule has 2 aliphatic heterocycles. The smallest absolute Gasteiger partial charge is 0.241 e. The molecule has 8 heteroatoms. The van der Waals surface area contributed by atoms with Crippen LogP contribution in [0.25, 0.3) is 0 Å². The molecule has 3 aliphatic rings. The van der Waals surface area contributed by atoms with Gasteiger partial charge in [0, 0.05) is 51.2 Å². The lowest BCUT2D eigenvalue weighted by Gasteiger charge is -2.32. The molecule has 2 heterocycles. The number of hydrogen-bond acceptors (Lipinski definition) is 5. The summed E-state index contributed by atoms with van der Waals surface area (Å²) in [6.07, 6.45) is 3.65. The van der Waals surface area contributed by atoms with E-state index >= 15 is 0 Å². The molecule has 7 nitrogen and oxygen atoms in total. The Labute approximate surface area is 194 Å². The second kappa shape index (κ2) is 9.89. The molecule has 0 spiro atoms. The Bertz CT molecular complexity index is 897. The van der Waals surface area contributed by atoms with E-state index in [0.29, 0.717) is 32.2 Å². The normalized spacial score (nSPS) is 25.3. The first-order valence-corrected chi connectivity index (χ1v) is 11.9. The summed E-state index contributed by atoms with van der Waals surface area (Å²) in [7, 11) is 3.72. The van der Waals surface area contributed by atoms with Crippen molar-refractivity contribution in [2.45, 2.75) is 50.0 Å². The second-order valence-corrected chi connectivity index (χ2v) is 9.95. The van der Waals surface area contributed by atoms with Crippen LogP contribution in [0.1, 0.15) is 44.1 Å². The summed E-state index contributed by atoms with van der Waals surface area (Å²) >= 11 is 0. The van der Waals surface area contributed by atoms with Gasteiger partial charge in [0.2, 0.25) is 17.7 Å². The minimum absolute atomic E-state index is 0.00499. The van der Waals surface area contributed by atoms with E-state index in [0.717, 1.165) is 25.7 Å². The van der Waals surface area contributed by atoms with E-state index in [4.69, 9.17) is 4.74 Å². The van der Waals surface area contributed by atoms with Gasteiger partial charge in [0.25, 0.3) is 0 Å². The van der Waals surface area contributed by atoms with Gasteiger partial charge in [-0.05, 0) is 51.8 Å². The predicted octanol–water partition coefficient (Wildman–Crippen LogP) is 2.19. The number of ether oxygens (including phenoxy) is 1. The number of rotatable bonds is 10. The number of carbonyl (C=O) groups excluding carboxylic acids is 3. The molecule has 2 atom stereocenters. The molecule has 2 saturated heterocycles. The molecule has 1 aromatic rings. The molecule has 33 heavy (non-hydrogen) atoms. The van der Waals surface area contributed by atoms with Gasteiger partial charge in [-0.1, -0.05) is 18.2 Å². The summed E-state index contributed by atoms with van der Waals surface area (Å²) < 4.78 is 20.7. The van der Waals surface area contributed by atoms with Crippen molar-refractivity contribution in [2.75, 3.05) is 46.9 Å². The van der Waals surface area contributed by atoms with Crippen LogP contribution in [0.3, 0.4) is 0 Å². The topological polar surface area (TPSA) is 70.2 Å². The number of hydrogen-bond donors (Lipinski definition) is 0. The summed E-state index contributed by atoms with van der Waals surface area (Å²) in [5.74, 6) is -1.13. The number of amides is 3. The van der Waals surface area contributed by atoms with Crippen LogP contribution < -0.4 is 0 Å². The van der Waals surface area contributed by atoms with Gasteiger partial charge in [0.15, 0.2) is 0 Å². The minimum Gasteiger partial charge on any atom is -0.376 e. The Morgan fingerprint density at radius 1 is 1.18 bits per heavy atom. The van der Waals surface area contributed by atoms with E-state index in [1.807, 2.05) is 19.0 Å². The van der Waals surface area contributed by atoms with Gasteiger partial charge >= 0.3 is 0 Å². The van der Waals surface area contributed by atoms with Crippen molar-refractivity contribution in [3.8, 4) is 0 Å². The first-order chi connectivity index (χ1) is 15.8. The van der Waals surface area contributed by atoms with Crippen LogP contribution in [0, 0.1) is 11.7 Å². The molecule has 0 aromatic heterocycles. The van der Waals surface area contributed by atoms with Gasteiger partial charge < -0.3 is 14.5 Å². The lowest BCUT2D eigenvalue weighted by molar-refractivity contribution is -0.143. The van der Waals surface area contributed by atoms with Crippen LogP contribution in [0.15, 0.2) is 24.3 Å². The fourth-order valence-corrected chi connectivity index (χ4v) is 4.91. The summed E-state index contributed by atoms with van der Waals surface area (Å²) in [4.78, 5) is 45.1. The van der Waals surface area contributed by atoms with Crippen molar-refractivity contribution < 1.29 is 23.5 Å². The highest BCUT2D eigenvalue weighted by molar-refractivity contribution is 6.10. The molecule has 1 saturated carbocycles. The highest BCUT2D eigenvalue weighted by Crippen LogP contribution is 2.42. The van der Waals surface area contributed by atoms with Gasteiger partial charge in [-0.2, -0.15) is 0 Å². The van der Waals surface area contributed by atoms with Gasteiger partial charge in [-0.15, -0.1) is 0 Å². The Morgan fingerprint density at radius 2 is 1.94 bits per heavy atom. The largest absolute Gasteiger partial charge is 0.376 e. The van der Waals surface area contributed by atoms with Crippen LogP contribution in [-0.4, -0.2) is 85.4 Å². The van der Waals surface area contributed by atoms with Gasteiger partial charge in [0.1, 0.15) is 5.82 Å². The maximum absolute atomic E-state index is 15.0. The number of likely N-dealkylation sites (tertiary alicyclic amines) is 1. The zero-order chi connectivity index (χ0) is 23.6. The minimum atomic E-state index is -1.51. The van der Waals surface area contributed by atoms with E-state index < -0.39 is 17.1 Å². The van der Waals surface area contributed by atoms with E-state index in [-0.39, 0.29) is 42.9 Å². The molecule has 0 bridgehead atoms. The molecule has 3 fully saturated rings. The SMILES string of the molecule is CN(C)CCN1C(=O)C[C@@](CC(=O)N(CC2CC2)C[C@H]2CCCO2)(c2ccccc2F)C1=O. The van der Waals surface area contributed by atoms with Crippen molar-refractivity contribution in [3.63, 3.8) is 0 Å². The second-order valence-electron chi connectivity index (χ2n) is 9.95. The van der Waals surface area contributed by atoms with E-state index in [2.05, 4.69) is 0 Å². The molecule has 1 aliphatic carbocycles. The van der Waals surface area contributed by atoms with Crippen LogP contribution in [-0.2, 0) is 24.5 Å². The van der Waals surface area contributed by atoms with Gasteiger partial charge in [0.05, 0.1) is 11.5 Å². The molecule has 0 unspecified atom stereocenters. The molecule has 0 N–H and O–H groups in total. The predicted molar refractivity (Wildman–Crippen MR) is 121 cm³/mol. The quantitative estimate of drug-likeness (QED) is 0.502. The van der Waals surface area contributed by atoms with Crippen molar-refractivity contribution in [3.05, 3.63) is 35.6 Å². The molecular weight excluding hydrogens is 425 g/mol. The molecule has 180 valence electrons. The Balaban J connectivity index is 1.62. The van der Waals surface area contributed by atoms with Crippen molar-refractivity contribution in [1.29, 1.82) is 0 Å². The lowest BCUT2D eigenvalue weighted by atomic mass is 9.75. The summed E-state index contributed by atoms with van der Waals surface area (Å²) in [5.41, 5.74) is -1.38. The Kier molecular flexibility index (Phi) is 7.14. The van der Waals surface area contributed by atoms with Crippen molar-refractivity contribution in [1.82, 2.24) is 14.7 Å². The summed E-state index contributed by atoms with van der Waals surface area (Å²) in [6, 6.07) is 6.03. The van der Waals surface area contributed by atoms with Crippen LogP contribution >= 0.6 is 0 Å². The zero-order valence-corrected chi connectivity index (χ0v) is 19.6. The van der Waals surface area contributed by atoms with E-state index in [1.165, 1.54) is 17.0 Å². The fraction of sp³-hybridized carbons (Fsp3) is 0.640. The van der Waals surface area contributed by atoms with Gasteiger partial charge in [-0.25, -0.2) is 4.39 Å². The summed E-state index contributed by atoms with van der Waals surface area (Å²) in [6.45, 7) is 2.53. The molecule has 1 aromatic carbocycles. The summed E-state index contributed by atoms with van der Waals surface area (Å²) in [5, 5.41) is 0. The standard InChI is InChI=1S/C25H34FN3O4/c1-27(2)11-12-29-23(31)15-25(24(29)32,20-7-3-4-8-21(20)26)14-22(30)28(16-18-9-10-18)17-19-6-5-13-33-19/h3-4,7-8,18-19H,5-6,9-17H2,1-2H3/t19-,25+/m1/s1. The van der Waals surface area contributed by atoms with Crippen molar-refractivity contribution in [2.24, 2.45) is 5.92 Å². The average Bonchev–Trinajstić information content (AvgIpc) is 3.37. The van der Waals surface area contributed by atoms with E-state index in [1.54, 1.807) is 17.0 Å². The Morgan fingerprint density at radius 3 is 2.58 bits per heavy atom. The highest BCUT2D eigenvalue weighted by Gasteiger charge is 2.55. The first-order valence-electron chi connectivity index (χ1n) is 11.9. The van der Waals surface area contributed by atoms with Crippen LogP contribution in [0.4, 0.5) is 4.39 Å². The third-order valence-corrected chi connectivity index (χ3v) is 7.00. The molecular formula is C25H34FN3O4. The molecule has 0 radical (unpaired) electrons. The number of likely N-dealkylation sites (N-methyl/N-ethyl adjacent to an activating group) is 1. The van der Waals surface area contributed by atoms with E-state index in [9.17, 15) is 18.8 Å². The van der Waals surface area contributed by atoms with Crippen LogP contribution in [0.5, 0.6) is 0 Å². The van der Waals surface area contributed by atoms with Gasteiger partial charge in [-0.3, -0.25) is 19.3 Å².